The second-order valence-electron chi connectivity index (χ2n) is 4.49. The summed E-state index contributed by atoms with van der Waals surface area (Å²) in [4.78, 5) is 13.5. The number of unbranched alkanes of at least 4 members (excludes halogenated alkanes) is 2. The van der Waals surface area contributed by atoms with Crippen molar-refractivity contribution in [2.45, 2.75) is 44.2 Å². The second kappa shape index (κ2) is 7.92. The van der Waals surface area contributed by atoms with Crippen LogP contribution < -0.4 is 4.72 Å². The van der Waals surface area contributed by atoms with Crippen LogP contribution in [0.2, 0.25) is 0 Å². The average molecular weight is 262 g/mol. The monoisotopic (exact) mass is 262 g/mol. The topological polar surface area (TPSA) is 72.8 Å². The van der Waals surface area contributed by atoms with E-state index in [4.69, 9.17) is 5.11 Å². The summed E-state index contributed by atoms with van der Waals surface area (Å²) in [7, 11) is 0. The number of thiol groups is 1. The Morgan fingerprint density at radius 1 is 1.41 bits per heavy atom. The van der Waals surface area contributed by atoms with Crippen LogP contribution in [0, 0.1) is 0 Å². The molecule has 6 heteroatoms. The Kier molecular flexibility index (Phi) is 6.87. The van der Waals surface area contributed by atoms with Crippen molar-refractivity contribution in [1.29, 1.82) is 0 Å². The number of carbonyl (C=O) groups is 1. The van der Waals surface area contributed by atoms with Crippen LogP contribution in [0.1, 0.15) is 32.1 Å². The fourth-order valence-electron chi connectivity index (χ4n) is 2.17. The molecule has 1 saturated heterocycles. The molecule has 2 unspecified atom stereocenters. The fourth-order valence-corrected chi connectivity index (χ4v) is 2.33. The van der Waals surface area contributed by atoms with E-state index in [1.807, 2.05) is 0 Å². The van der Waals surface area contributed by atoms with E-state index in [0.717, 1.165) is 25.8 Å². The molecule has 1 rings (SSSR count). The van der Waals surface area contributed by atoms with E-state index in [1.54, 1.807) is 4.90 Å². The average Bonchev–Trinajstić information content (AvgIpc) is 2.70. The summed E-state index contributed by atoms with van der Waals surface area (Å²) in [5.41, 5.74) is 0. The first-order valence-electron chi connectivity index (χ1n) is 6.14. The molecule has 0 bridgehead atoms. The molecule has 0 saturated carbocycles. The van der Waals surface area contributed by atoms with Gasteiger partial charge in [-0.05, 0) is 19.3 Å². The maximum Gasteiger partial charge on any atom is 0.222 e. The second-order valence-corrected chi connectivity index (χ2v) is 4.81. The van der Waals surface area contributed by atoms with Gasteiger partial charge in [-0.3, -0.25) is 9.52 Å². The summed E-state index contributed by atoms with van der Waals surface area (Å²) < 4.78 is 2.77. The van der Waals surface area contributed by atoms with Crippen molar-refractivity contribution in [2.24, 2.45) is 0 Å². The van der Waals surface area contributed by atoms with E-state index in [-0.39, 0.29) is 18.6 Å². The van der Waals surface area contributed by atoms with E-state index in [2.05, 4.69) is 17.5 Å². The van der Waals surface area contributed by atoms with Gasteiger partial charge in [0.05, 0.1) is 18.8 Å². The van der Waals surface area contributed by atoms with Crippen LogP contribution in [-0.2, 0) is 4.79 Å². The fraction of sp³-hybridized carbons (Fsp3) is 0.909. The molecule has 1 heterocycles. The third-order valence-electron chi connectivity index (χ3n) is 3.10. The van der Waals surface area contributed by atoms with Crippen LogP contribution in [-0.4, -0.2) is 52.9 Å². The Labute approximate surface area is 108 Å². The molecule has 0 spiro atoms. The number of hydrogen-bond acceptors (Lipinski definition) is 5. The summed E-state index contributed by atoms with van der Waals surface area (Å²) in [5, 5.41) is 18.6. The first-order chi connectivity index (χ1) is 8.19. The maximum atomic E-state index is 11.9. The predicted molar refractivity (Wildman–Crippen MR) is 68.7 cm³/mol. The van der Waals surface area contributed by atoms with Gasteiger partial charge < -0.3 is 15.1 Å². The third-order valence-corrected chi connectivity index (χ3v) is 3.33. The lowest BCUT2D eigenvalue weighted by Crippen LogP contribution is -2.37. The van der Waals surface area contributed by atoms with Gasteiger partial charge in [-0.2, -0.15) is 0 Å². The number of carbonyl (C=O) groups excluding carboxylic acids is 1. The molecule has 0 aromatic carbocycles. The Morgan fingerprint density at radius 2 is 2.18 bits per heavy atom. The summed E-state index contributed by atoms with van der Waals surface area (Å²) in [6.07, 6.45) is 3.34. The molecule has 1 aliphatic rings. The Balaban J connectivity index is 2.22. The van der Waals surface area contributed by atoms with Crippen molar-refractivity contribution in [3.05, 3.63) is 0 Å². The van der Waals surface area contributed by atoms with Crippen LogP contribution in [0.5, 0.6) is 0 Å². The van der Waals surface area contributed by atoms with Crippen molar-refractivity contribution in [3.8, 4) is 0 Å². The van der Waals surface area contributed by atoms with E-state index in [0.29, 0.717) is 19.4 Å². The van der Waals surface area contributed by atoms with Crippen molar-refractivity contribution >= 4 is 18.7 Å². The van der Waals surface area contributed by atoms with E-state index < -0.39 is 6.10 Å². The van der Waals surface area contributed by atoms with Gasteiger partial charge in [-0.15, -0.1) is 0 Å². The quantitative estimate of drug-likeness (QED) is 0.383. The largest absolute Gasteiger partial charge is 0.394 e. The Morgan fingerprint density at radius 3 is 2.82 bits per heavy atom. The molecule has 3 N–H and O–H groups in total. The number of likely N-dealkylation sites (tertiary alicyclic amines) is 1. The molecule has 1 fully saturated rings. The molecule has 0 aromatic heterocycles. The highest BCUT2D eigenvalue weighted by atomic mass is 32.1. The van der Waals surface area contributed by atoms with Gasteiger partial charge in [-0.1, -0.05) is 19.2 Å². The van der Waals surface area contributed by atoms with E-state index >= 15 is 0 Å². The lowest BCUT2D eigenvalue weighted by molar-refractivity contribution is -0.133. The first kappa shape index (κ1) is 14.8. The third kappa shape index (κ3) is 4.83. The van der Waals surface area contributed by atoms with Crippen LogP contribution in [0.3, 0.4) is 0 Å². The lowest BCUT2D eigenvalue weighted by atomic mass is 10.1. The number of aliphatic hydroxyl groups is 2. The Hall–Kier alpha value is -0.300. The smallest absolute Gasteiger partial charge is 0.222 e. The van der Waals surface area contributed by atoms with E-state index in [9.17, 15) is 9.90 Å². The minimum absolute atomic E-state index is 0.0411. The van der Waals surface area contributed by atoms with Gasteiger partial charge in [-0.25, -0.2) is 0 Å². The zero-order valence-electron chi connectivity index (χ0n) is 10.0. The lowest BCUT2D eigenvalue weighted by Gasteiger charge is -2.22. The van der Waals surface area contributed by atoms with Crippen molar-refractivity contribution in [1.82, 2.24) is 9.62 Å². The zero-order valence-corrected chi connectivity index (χ0v) is 10.9. The molecule has 100 valence electrons. The molecule has 2 atom stereocenters. The highest BCUT2D eigenvalue weighted by Crippen LogP contribution is 2.19. The van der Waals surface area contributed by atoms with Gasteiger partial charge in [0.2, 0.25) is 5.91 Å². The minimum Gasteiger partial charge on any atom is -0.394 e. The molecule has 17 heavy (non-hydrogen) atoms. The molecule has 0 aliphatic carbocycles. The summed E-state index contributed by atoms with van der Waals surface area (Å²) >= 11 is 3.89. The number of hydrogen-bond donors (Lipinski definition) is 4. The minimum atomic E-state index is -0.482. The van der Waals surface area contributed by atoms with Crippen LogP contribution in [0.4, 0.5) is 0 Å². The Bertz CT molecular complexity index is 241. The van der Waals surface area contributed by atoms with Crippen LogP contribution in [0.15, 0.2) is 0 Å². The molecule has 0 radical (unpaired) electrons. The van der Waals surface area contributed by atoms with Crippen LogP contribution in [0.25, 0.3) is 0 Å². The summed E-state index contributed by atoms with van der Waals surface area (Å²) in [5.74, 6) is 0.0411. The first-order valence-corrected chi connectivity index (χ1v) is 6.59. The molecule has 1 aliphatic heterocycles. The zero-order chi connectivity index (χ0) is 12.7. The summed E-state index contributed by atoms with van der Waals surface area (Å²) in [6, 6.07) is -0.198. The molecule has 1 amide bonds. The van der Waals surface area contributed by atoms with Gasteiger partial charge in [0.15, 0.2) is 0 Å². The standard InChI is InChI=1S/C11H22N2O3S/c14-8-9-6-10(15)7-13(9)11(16)4-2-1-3-5-12-17/h9-10,12,14-15,17H,1-8H2. The predicted octanol–water partition coefficient (Wildman–Crippen LogP) is -0.0647. The van der Waals surface area contributed by atoms with Crippen molar-refractivity contribution < 1.29 is 15.0 Å². The SMILES string of the molecule is O=C(CCCCCNS)N1CC(O)CC1CO. The van der Waals surface area contributed by atoms with Crippen molar-refractivity contribution in [3.63, 3.8) is 0 Å². The van der Waals surface area contributed by atoms with Gasteiger partial charge in [0, 0.05) is 19.5 Å². The van der Waals surface area contributed by atoms with Crippen molar-refractivity contribution in [2.75, 3.05) is 19.7 Å². The van der Waals surface area contributed by atoms with Crippen LogP contribution >= 0.6 is 12.8 Å². The van der Waals surface area contributed by atoms with E-state index in [1.165, 1.54) is 0 Å². The molecule has 5 nitrogen and oxygen atoms in total. The highest BCUT2D eigenvalue weighted by Gasteiger charge is 2.33. The number of rotatable bonds is 7. The maximum absolute atomic E-state index is 11.9. The molecular weight excluding hydrogens is 240 g/mol. The number of amides is 1. The number of aliphatic hydroxyl groups excluding tert-OH is 2. The van der Waals surface area contributed by atoms with Gasteiger partial charge >= 0.3 is 0 Å². The number of nitrogens with one attached hydrogen (secondary N) is 1. The number of β-amino-alcohol motifs (C(OH)–C–C–N with tert-alkyl or cyclic N) is 1. The number of nitrogens with zero attached hydrogens (tertiary/aromatic N) is 1. The molecular formula is C11H22N2O3S. The highest BCUT2D eigenvalue weighted by molar-refractivity contribution is 7.78. The van der Waals surface area contributed by atoms with Gasteiger partial charge in [0.25, 0.3) is 0 Å². The normalized spacial score (nSPS) is 24.3. The molecule has 0 aromatic rings. The van der Waals surface area contributed by atoms with Gasteiger partial charge in [0.1, 0.15) is 0 Å². The summed E-state index contributed by atoms with van der Waals surface area (Å²) in [6.45, 7) is 1.15.